The number of nitrogens with one attached hydrogen (secondary N) is 2. The second kappa shape index (κ2) is 6.33. The molecule has 0 bridgehead atoms. The highest BCUT2D eigenvalue weighted by molar-refractivity contribution is 9.11. The van der Waals surface area contributed by atoms with Gasteiger partial charge in [0.2, 0.25) is 0 Å². The monoisotopic (exact) mass is 434 g/mol. The van der Waals surface area contributed by atoms with Crippen LogP contribution >= 0.6 is 31.9 Å². The fraction of sp³-hybridized carbons (Fsp3) is 0.385. The molecule has 0 spiro atoms. The van der Waals surface area contributed by atoms with Gasteiger partial charge >= 0.3 is 12.2 Å². The molecule has 2 heterocycles. The topological polar surface area (TPSA) is 85.9 Å². The van der Waals surface area contributed by atoms with Crippen molar-refractivity contribution in [2.45, 2.75) is 12.2 Å². The summed E-state index contributed by atoms with van der Waals surface area (Å²) < 4.78 is 17.3. The van der Waals surface area contributed by atoms with Gasteiger partial charge in [0.15, 0.2) is 6.10 Å². The average Bonchev–Trinajstić information content (AvgIpc) is 3.06. The van der Waals surface area contributed by atoms with Gasteiger partial charge in [0.25, 0.3) is 0 Å². The molecule has 9 heteroatoms. The largest absolute Gasteiger partial charge is 0.487 e. The Morgan fingerprint density at radius 3 is 2.27 bits per heavy atom. The Morgan fingerprint density at radius 2 is 1.73 bits per heavy atom. The van der Waals surface area contributed by atoms with E-state index in [2.05, 4.69) is 42.5 Å². The van der Waals surface area contributed by atoms with Crippen molar-refractivity contribution >= 4 is 44.0 Å². The SMILES string of the molecule is O=C1NC[C@@H](COc2c(Br)cc([C@H]3CNC(=O)O3)cc2Br)O1. The maximum absolute atomic E-state index is 11.1. The lowest BCUT2D eigenvalue weighted by Crippen LogP contribution is -2.22. The fourth-order valence-electron chi connectivity index (χ4n) is 2.18. The van der Waals surface area contributed by atoms with Crippen LogP contribution < -0.4 is 15.4 Å². The first kappa shape index (κ1) is 15.4. The Hall–Kier alpha value is -1.48. The lowest BCUT2D eigenvalue weighted by atomic mass is 10.1. The minimum Gasteiger partial charge on any atom is -0.487 e. The Labute approximate surface area is 142 Å². The molecule has 0 aliphatic carbocycles. The molecule has 1 aromatic carbocycles. The van der Waals surface area contributed by atoms with E-state index in [0.29, 0.717) is 18.8 Å². The lowest BCUT2D eigenvalue weighted by Gasteiger charge is -2.16. The van der Waals surface area contributed by atoms with Gasteiger partial charge in [-0.1, -0.05) is 0 Å². The first-order valence-corrected chi connectivity index (χ1v) is 8.12. The molecule has 2 aliphatic rings. The second-order valence-corrected chi connectivity index (χ2v) is 6.52. The Bertz CT molecular complexity index is 601. The molecule has 7 nitrogen and oxygen atoms in total. The van der Waals surface area contributed by atoms with Gasteiger partial charge in [-0.3, -0.25) is 0 Å². The van der Waals surface area contributed by atoms with Crippen molar-refractivity contribution in [3.8, 4) is 5.75 Å². The summed E-state index contributed by atoms with van der Waals surface area (Å²) in [5.41, 5.74) is 0.846. The van der Waals surface area contributed by atoms with Gasteiger partial charge in [0.1, 0.15) is 18.5 Å². The molecule has 3 rings (SSSR count). The van der Waals surface area contributed by atoms with Crippen molar-refractivity contribution in [3.05, 3.63) is 26.6 Å². The highest BCUT2D eigenvalue weighted by Crippen LogP contribution is 2.37. The molecule has 118 valence electrons. The maximum atomic E-state index is 11.1. The third-order valence-corrected chi connectivity index (χ3v) is 4.41. The van der Waals surface area contributed by atoms with Crippen LogP contribution in [0.2, 0.25) is 0 Å². The van der Waals surface area contributed by atoms with Crippen molar-refractivity contribution in [1.29, 1.82) is 0 Å². The zero-order valence-electron chi connectivity index (χ0n) is 11.2. The number of halogens is 2. The number of amides is 2. The highest BCUT2D eigenvalue weighted by Gasteiger charge is 2.27. The molecule has 0 aromatic heterocycles. The van der Waals surface area contributed by atoms with Crippen molar-refractivity contribution in [1.82, 2.24) is 10.6 Å². The number of hydrogen-bond acceptors (Lipinski definition) is 5. The molecule has 2 N–H and O–H groups in total. The number of cyclic esters (lactones) is 2. The highest BCUT2D eigenvalue weighted by atomic mass is 79.9. The number of benzene rings is 1. The molecule has 1 aromatic rings. The van der Waals surface area contributed by atoms with Crippen LogP contribution in [0.1, 0.15) is 11.7 Å². The van der Waals surface area contributed by atoms with Crippen LogP contribution in [-0.2, 0) is 9.47 Å². The van der Waals surface area contributed by atoms with Crippen LogP contribution in [0.25, 0.3) is 0 Å². The van der Waals surface area contributed by atoms with Crippen molar-refractivity contribution < 1.29 is 23.8 Å². The third-order valence-electron chi connectivity index (χ3n) is 3.23. The molecule has 0 radical (unpaired) electrons. The normalized spacial score (nSPS) is 23.5. The molecule has 2 aliphatic heterocycles. The zero-order chi connectivity index (χ0) is 15.7. The van der Waals surface area contributed by atoms with E-state index in [1.54, 1.807) is 0 Å². The number of carbonyl (C=O) groups excluding carboxylic acids is 2. The van der Waals surface area contributed by atoms with E-state index < -0.39 is 12.2 Å². The maximum Gasteiger partial charge on any atom is 0.407 e. The van der Waals surface area contributed by atoms with E-state index in [4.69, 9.17) is 14.2 Å². The summed E-state index contributed by atoms with van der Waals surface area (Å²) in [6.45, 7) is 1.10. The van der Waals surface area contributed by atoms with Crippen LogP contribution in [0.15, 0.2) is 21.1 Å². The van der Waals surface area contributed by atoms with Crippen molar-refractivity contribution in [3.63, 3.8) is 0 Å². The molecule has 22 heavy (non-hydrogen) atoms. The van der Waals surface area contributed by atoms with Gasteiger partial charge < -0.3 is 24.8 Å². The smallest absolute Gasteiger partial charge is 0.407 e. The molecular formula is C13H12Br2N2O5. The van der Waals surface area contributed by atoms with Gasteiger partial charge in [-0.05, 0) is 49.6 Å². The van der Waals surface area contributed by atoms with Crippen molar-refractivity contribution in [2.24, 2.45) is 0 Å². The van der Waals surface area contributed by atoms with Gasteiger partial charge in [-0.2, -0.15) is 0 Å². The van der Waals surface area contributed by atoms with Crippen LogP contribution in [0.3, 0.4) is 0 Å². The molecule has 0 saturated carbocycles. The fourth-order valence-corrected chi connectivity index (χ4v) is 3.63. The second-order valence-electron chi connectivity index (χ2n) is 4.81. The summed E-state index contributed by atoms with van der Waals surface area (Å²) in [6.07, 6.45) is -1.49. The van der Waals surface area contributed by atoms with E-state index in [1.165, 1.54) is 0 Å². The van der Waals surface area contributed by atoms with Gasteiger partial charge in [0, 0.05) is 0 Å². The van der Waals surface area contributed by atoms with E-state index >= 15 is 0 Å². The summed E-state index contributed by atoms with van der Waals surface area (Å²) in [6, 6.07) is 3.67. The van der Waals surface area contributed by atoms with Crippen LogP contribution in [0, 0.1) is 0 Å². The molecule has 2 atom stereocenters. The third kappa shape index (κ3) is 3.30. The average molecular weight is 436 g/mol. The molecule has 2 amide bonds. The molecule has 2 saturated heterocycles. The minimum absolute atomic E-state index is 0.245. The Morgan fingerprint density at radius 1 is 1.09 bits per heavy atom. The number of alkyl carbamates (subject to hydrolysis) is 2. The number of rotatable bonds is 4. The predicted octanol–water partition coefficient (Wildman–Crippen LogP) is 2.48. The summed E-state index contributed by atoms with van der Waals surface area (Å²) in [5.74, 6) is 0.601. The standard InChI is InChI=1S/C13H12Br2N2O5/c14-8-1-6(10-4-17-13(19)22-10)2-9(15)11(8)20-5-7-3-16-12(18)21-7/h1-2,7,10H,3-5H2,(H,16,18)(H,17,19)/t7-,10+/m0/s1. The van der Waals surface area contributed by atoms with E-state index in [9.17, 15) is 9.59 Å². The summed E-state index contributed by atoms with van der Waals surface area (Å²) >= 11 is 6.88. The summed E-state index contributed by atoms with van der Waals surface area (Å²) in [7, 11) is 0. The van der Waals surface area contributed by atoms with E-state index in [1.807, 2.05) is 12.1 Å². The van der Waals surface area contributed by atoms with Crippen LogP contribution in [0.5, 0.6) is 5.75 Å². The molecule has 2 fully saturated rings. The predicted molar refractivity (Wildman–Crippen MR) is 82.8 cm³/mol. The van der Waals surface area contributed by atoms with Gasteiger partial charge in [-0.15, -0.1) is 0 Å². The van der Waals surface area contributed by atoms with Crippen LogP contribution in [-0.4, -0.2) is 38.0 Å². The first-order valence-electron chi connectivity index (χ1n) is 6.53. The molecule has 0 unspecified atom stereocenters. The lowest BCUT2D eigenvalue weighted by molar-refractivity contribution is 0.104. The molecular weight excluding hydrogens is 424 g/mol. The quantitative estimate of drug-likeness (QED) is 0.758. The first-order chi connectivity index (χ1) is 10.5. The number of carbonyl (C=O) groups is 2. The van der Waals surface area contributed by atoms with Gasteiger partial charge in [-0.25, -0.2) is 9.59 Å². The van der Waals surface area contributed by atoms with E-state index in [0.717, 1.165) is 14.5 Å². The number of ether oxygens (including phenoxy) is 3. The van der Waals surface area contributed by atoms with E-state index in [-0.39, 0.29) is 18.8 Å². The summed E-state index contributed by atoms with van der Waals surface area (Å²) in [4.78, 5) is 22.1. The Balaban J connectivity index is 1.69. The van der Waals surface area contributed by atoms with Gasteiger partial charge in [0.05, 0.1) is 22.0 Å². The zero-order valence-corrected chi connectivity index (χ0v) is 14.4. The van der Waals surface area contributed by atoms with Crippen molar-refractivity contribution in [2.75, 3.05) is 19.7 Å². The number of hydrogen-bond donors (Lipinski definition) is 2. The van der Waals surface area contributed by atoms with Crippen LogP contribution in [0.4, 0.5) is 9.59 Å². The summed E-state index contributed by atoms with van der Waals surface area (Å²) in [5, 5.41) is 5.18. The minimum atomic E-state index is -0.433. The Kier molecular flexibility index (Phi) is 4.44.